The van der Waals surface area contributed by atoms with Crippen LogP contribution < -0.4 is 36.8 Å². The molecule has 3 aromatic heterocycles. The molecule has 4 heterocycles. The predicted octanol–water partition coefficient (Wildman–Crippen LogP) is 4.10. The number of aromatic nitrogens is 5. The fourth-order valence-corrected chi connectivity index (χ4v) is 5.45. The van der Waals surface area contributed by atoms with E-state index in [1.807, 2.05) is 34.9 Å². The van der Waals surface area contributed by atoms with Gasteiger partial charge in [-0.3, -0.25) is 14.5 Å². The number of alkyl carbamates (subject to hydrolysis) is 1. The molecule has 0 bridgehead atoms. The Labute approximate surface area is 310 Å². The Morgan fingerprint density at radius 2 is 1.81 bits per heavy atom. The molecule has 0 atom stereocenters. The smallest absolute Gasteiger partial charge is 0.407 e. The standard InChI is InChI=1S/C28H37ClN10O6.C6H5Cl/c1-28(2,3)45-27(42)33-11-17(30)14-37(31)8-7-9-38-20-15-39(19-10-16(29)13-36(4)24(19)40)25(41)21(20)34-22(38)18-12-32-26(44-6)35-23(18)43-5;7-6-4-2-1-3-5-6/h10,12-14H,7-9,11,15,30-31H2,1-6H3,(H,33,42);1-5H/b17-14-;. The first-order valence-corrected chi connectivity index (χ1v) is 16.7. The van der Waals surface area contributed by atoms with Crippen LogP contribution in [0.5, 0.6) is 11.9 Å². The number of methoxy groups -OCH3 is 2. The van der Waals surface area contributed by atoms with Gasteiger partial charge >= 0.3 is 12.1 Å². The van der Waals surface area contributed by atoms with E-state index in [1.165, 1.54) is 53.4 Å². The molecule has 52 heavy (non-hydrogen) atoms. The van der Waals surface area contributed by atoms with Gasteiger partial charge in [-0.1, -0.05) is 41.4 Å². The molecule has 0 radical (unpaired) electrons. The minimum Gasteiger partial charge on any atom is -0.480 e. The van der Waals surface area contributed by atoms with E-state index in [4.69, 9.17) is 49.0 Å². The summed E-state index contributed by atoms with van der Waals surface area (Å²) in [5, 5.41) is 5.08. The third-order valence-corrected chi connectivity index (χ3v) is 7.76. The van der Waals surface area contributed by atoms with Crippen molar-refractivity contribution in [3.8, 4) is 23.3 Å². The molecule has 0 saturated heterocycles. The van der Waals surface area contributed by atoms with Gasteiger partial charge in [-0.15, -0.1) is 0 Å². The van der Waals surface area contributed by atoms with Crippen LogP contribution in [0.3, 0.4) is 0 Å². The number of amides is 2. The van der Waals surface area contributed by atoms with Crippen LogP contribution in [0.2, 0.25) is 10.0 Å². The molecule has 0 spiro atoms. The number of hydrogen-bond acceptors (Lipinski definition) is 12. The number of rotatable bonds is 11. The highest BCUT2D eigenvalue weighted by atomic mass is 35.5. The van der Waals surface area contributed by atoms with Crippen molar-refractivity contribution in [3.05, 3.63) is 92.5 Å². The van der Waals surface area contributed by atoms with E-state index in [9.17, 15) is 14.4 Å². The van der Waals surface area contributed by atoms with Crippen molar-refractivity contribution in [2.24, 2.45) is 18.6 Å². The molecule has 18 heteroatoms. The van der Waals surface area contributed by atoms with E-state index < -0.39 is 17.6 Å². The first-order valence-electron chi connectivity index (χ1n) is 16.0. The highest BCUT2D eigenvalue weighted by Gasteiger charge is 2.37. The second-order valence-corrected chi connectivity index (χ2v) is 13.3. The van der Waals surface area contributed by atoms with E-state index in [0.29, 0.717) is 47.3 Å². The highest BCUT2D eigenvalue weighted by molar-refractivity contribution is 6.31. The Morgan fingerprint density at radius 1 is 1.10 bits per heavy atom. The molecule has 278 valence electrons. The summed E-state index contributed by atoms with van der Waals surface area (Å²) in [5.74, 6) is 6.31. The minimum absolute atomic E-state index is 0.0416. The molecular formula is C34H42Cl2N10O6. The van der Waals surface area contributed by atoms with Crippen LogP contribution in [-0.4, -0.2) is 74.0 Å². The summed E-state index contributed by atoms with van der Waals surface area (Å²) in [5.41, 5.74) is 6.67. The van der Waals surface area contributed by atoms with Gasteiger partial charge in [0.1, 0.15) is 17.1 Å². The fraction of sp³-hybridized carbons (Fsp3) is 0.353. The zero-order chi connectivity index (χ0) is 38.2. The van der Waals surface area contributed by atoms with Crippen LogP contribution in [-0.2, 0) is 24.9 Å². The Bertz CT molecular complexity index is 1980. The lowest BCUT2D eigenvalue weighted by molar-refractivity contribution is 0.0532. The van der Waals surface area contributed by atoms with Crippen LogP contribution >= 0.6 is 23.2 Å². The molecule has 5 N–H and O–H groups in total. The van der Waals surface area contributed by atoms with Crippen molar-refractivity contribution >= 4 is 40.9 Å². The number of halogens is 2. The topological polar surface area (TPSA) is 198 Å². The lowest BCUT2D eigenvalue weighted by atomic mass is 10.2. The number of carbonyl (C=O) groups excluding carboxylic acids is 2. The maximum Gasteiger partial charge on any atom is 0.407 e. The predicted molar refractivity (Wildman–Crippen MR) is 197 cm³/mol. The van der Waals surface area contributed by atoms with Crippen LogP contribution in [0.4, 0.5) is 10.5 Å². The van der Waals surface area contributed by atoms with E-state index in [0.717, 1.165) is 5.02 Å². The lowest BCUT2D eigenvalue weighted by Gasteiger charge is -2.20. The maximum absolute atomic E-state index is 13.6. The molecule has 0 fully saturated rings. The zero-order valence-corrected chi connectivity index (χ0v) is 31.2. The first kappa shape index (κ1) is 39.5. The quantitative estimate of drug-likeness (QED) is 0.147. The normalized spacial score (nSPS) is 12.5. The molecule has 16 nitrogen and oxygen atoms in total. The third kappa shape index (κ3) is 10.1. The SMILES string of the molecule is COc1ncc(-c2nc3c(n2CCCN(N)/C=C(\N)CNC(=O)OC(C)(C)C)CN(c2cc(Cl)cn(C)c2=O)C3=O)c(OC)n1.Clc1ccccc1. The number of imidazole rings is 1. The van der Waals surface area contributed by atoms with Crippen molar-refractivity contribution in [3.63, 3.8) is 0 Å². The Balaban J connectivity index is 0.000000771. The number of anilines is 1. The number of fused-ring (bicyclic) bond motifs is 1. The van der Waals surface area contributed by atoms with Gasteiger partial charge < -0.3 is 39.4 Å². The van der Waals surface area contributed by atoms with Crippen molar-refractivity contribution in [2.75, 3.05) is 32.2 Å². The zero-order valence-electron chi connectivity index (χ0n) is 29.7. The average Bonchev–Trinajstić information content (AvgIpc) is 3.60. The summed E-state index contributed by atoms with van der Waals surface area (Å²) in [6.07, 6.45) is 4.38. The molecule has 0 unspecified atom stereocenters. The van der Waals surface area contributed by atoms with E-state index in [-0.39, 0.29) is 41.9 Å². The Kier molecular flexibility index (Phi) is 13.1. The van der Waals surface area contributed by atoms with Gasteiger partial charge in [0.2, 0.25) is 5.88 Å². The summed E-state index contributed by atoms with van der Waals surface area (Å²) in [4.78, 5) is 52.9. The van der Waals surface area contributed by atoms with Crippen molar-refractivity contribution in [1.82, 2.24) is 34.4 Å². The number of carbonyl (C=O) groups is 2. The second-order valence-electron chi connectivity index (χ2n) is 12.5. The van der Waals surface area contributed by atoms with Crippen molar-refractivity contribution in [1.29, 1.82) is 0 Å². The van der Waals surface area contributed by atoms with Crippen LogP contribution in [0.1, 0.15) is 43.4 Å². The summed E-state index contributed by atoms with van der Waals surface area (Å²) in [7, 11) is 4.45. The number of nitrogens with zero attached hydrogens (tertiary/aromatic N) is 7. The third-order valence-electron chi connectivity index (χ3n) is 7.30. The molecule has 0 saturated carbocycles. The van der Waals surface area contributed by atoms with Crippen LogP contribution in [0.25, 0.3) is 11.4 Å². The highest BCUT2D eigenvalue weighted by Crippen LogP contribution is 2.35. The molecule has 1 aromatic carbocycles. The molecule has 2 amide bonds. The number of nitrogens with two attached hydrogens (primary N) is 2. The van der Waals surface area contributed by atoms with E-state index in [2.05, 4.69) is 20.3 Å². The van der Waals surface area contributed by atoms with Gasteiger partial charge in [-0.25, -0.2) is 20.6 Å². The number of hydrazine groups is 1. The van der Waals surface area contributed by atoms with Gasteiger partial charge in [0.15, 0.2) is 5.69 Å². The Hall–Kier alpha value is -5.32. The molecule has 5 rings (SSSR count). The number of nitrogens with one attached hydrogen (secondary N) is 1. The monoisotopic (exact) mass is 756 g/mol. The van der Waals surface area contributed by atoms with E-state index in [1.54, 1.807) is 27.8 Å². The maximum atomic E-state index is 13.6. The van der Waals surface area contributed by atoms with Gasteiger partial charge in [0, 0.05) is 49.5 Å². The molecule has 1 aliphatic heterocycles. The second kappa shape index (κ2) is 17.3. The summed E-state index contributed by atoms with van der Waals surface area (Å²) >= 11 is 11.7. The Morgan fingerprint density at radius 3 is 2.42 bits per heavy atom. The minimum atomic E-state index is -0.637. The van der Waals surface area contributed by atoms with Crippen molar-refractivity contribution < 1.29 is 23.8 Å². The lowest BCUT2D eigenvalue weighted by Crippen LogP contribution is -2.36. The number of ether oxygens (including phenoxy) is 3. The molecule has 0 aliphatic carbocycles. The van der Waals surface area contributed by atoms with Gasteiger partial charge in [-0.05, 0) is 45.4 Å². The number of aryl methyl sites for hydroxylation is 1. The van der Waals surface area contributed by atoms with E-state index >= 15 is 0 Å². The molecule has 1 aliphatic rings. The molecule has 4 aromatic rings. The van der Waals surface area contributed by atoms with Gasteiger partial charge in [0.25, 0.3) is 11.5 Å². The number of pyridine rings is 1. The van der Waals surface area contributed by atoms with Crippen LogP contribution in [0.15, 0.2) is 65.5 Å². The first-order chi connectivity index (χ1) is 24.6. The summed E-state index contributed by atoms with van der Waals surface area (Å²) in [6, 6.07) is 11.0. The van der Waals surface area contributed by atoms with Crippen LogP contribution in [0, 0.1) is 0 Å². The van der Waals surface area contributed by atoms with Crippen molar-refractivity contribution in [2.45, 2.75) is 45.9 Å². The average molecular weight is 758 g/mol. The molecular weight excluding hydrogens is 715 g/mol. The number of benzene rings is 1. The van der Waals surface area contributed by atoms with Gasteiger partial charge in [0.05, 0.1) is 43.6 Å². The number of hydrogen-bond donors (Lipinski definition) is 3. The fourth-order valence-electron chi connectivity index (χ4n) is 5.05. The summed E-state index contributed by atoms with van der Waals surface area (Å²) < 4.78 is 19.0. The largest absolute Gasteiger partial charge is 0.480 e. The van der Waals surface area contributed by atoms with Gasteiger partial charge in [-0.2, -0.15) is 4.98 Å². The summed E-state index contributed by atoms with van der Waals surface area (Å²) in [6.45, 7) is 6.11.